The van der Waals surface area contributed by atoms with Gasteiger partial charge in [-0.2, -0.15) is 0 Å². The molecule has 0 bridgehead atoms. The average Bonchev–Trinajstić information content (AvgIpc) is 2.56. The Kier molecular flexibility index (Phi) is 4.71. The van der Waals surface area contributed by atoms with E-state index in [0.717, 1.165) is 37.2 Å². The van der Waals surface area contributed by atoms with Crippen LogP contribution in [-0.2, 0) is 13.0 Å². The Morgan fingerprint density at radius 1 is 1.38 bits per heavy atom. The fourth-order valence-electron chi connectivity index (χ4n) is 3.09. The van der Waals surface area contributed by atoms with Crippen LogP contribution in [0.25, 0.3) is 11.3 Å². The van der Waals surface area contributed by atoms with Crippen LogP contribution in [0.2, 0.25) is 0 Å². The van der Waals surface area contributed by atoms with E-state index in [9.17, 15) is 0 Å². The molecule has 24 heavy (non-hydrogen) atoms. The molecular formula is C19H26N4O. The zero-order chi connectivity index (χ0) is 17.3. The quantitative estimate of drug-likeness (QED) is 0.935. The highest BCUT2D eigenvalue weighted by atomic mass is 16.5. The number of nitrogen functional groups attached to an aromatic ring is 1. The summed E-state index contributed by atoms with van der Waals surface area (Å²) in [5.41, 5.74) is 12.0. The largest absolute Gasteiger partial charge is 0.472 e. The first-order valence-corrected chi connectivity index (χ1v) is 8.58. The van der Waals surface area contributed by atoms with Crippen LogP contribution in [0, 0.1) is 6.92 Å². The minimum Gasteiger partial charge on any atom is -0.472 e. The third kappa shape index (κ3) is 3.36. The van der Waals surface area contributed by atoms with Crippen LogP contribution in [0.3, 0.4) is 0 Å². The van der Waals surface area contributed by atoms with Crippen molar-refractivity contribution < 1.29 is 4.74 Å². The summed E-state index contributed by atoms with van der Waals surface area (Å²) in [4.78, 5) is 11.2. The number of nitrogens with two attached hydrogens (primary N) is 1. The Balaban J connectivity index is 1.98. The topological polar surface area (TPSA) is 64.3 Å². The molecule has 1 aromatic heterocycles. The molecule has 2 N–H and O–H groups in total. The van der Waals surface area contributed by atoms with Crippen LogP contribution in [0.1, 0.15) is 37.0 Å². The molecule has 2 heterocycles. The fourth-order valence-corrected chi connectivity index (χ4v) is 3.09. The van der Waals surface area contributed by atoms with E-state index in [1.807, 2.05) is 6.92 Å². The van der Waals surface area contributed by atoms with Crippen molar-refractivity contribution in [2.45, 2.75) is 46.3 Å². The van der Waals surface area contributed by atoms with Crippen molar-refractivity contribution in [2.24, 2.45) is 0 Å². The number of anilines is 1. The zero-order valence-electron chi connectivity index (χ0n) is 15.0. The normalized spacial score (nSPS) is 15.8. The maximum Gasteiger partial charge on any atom is 0.258 e. The van der Waals surface area contributed by atoms with Crippen molar-refractivity contribution in [2.75, 3.05) is 19.3 Å². The van der Waals surface area contributed by atoms with Crippen molar-refractivity contribution in [3.8, 4) is 17.1 Å². The number of hydrogen-bond acceptors (Lipinski definition) is 5. The molecule has 0 spiro atoms. The number of fused-ring (bicyclic) bond motifs is 1. The number of rotatable bonds is 4. The van der Waals surface area contributed by atoms with Crippen LogP contribution >= 0.6 is 0 Å². The maximum absolute atomic E-state index is 5.92. The molecule has 1 aliphatic heterocycles. The molecule has 1 aromatic carbocycles. The van der Waals surface area contributed by atoms with Crippen LogP contribution in [-0.4, -0.2) is 34.6 Å². The number of aryl methyl sites for hydroxylation is 1. The van der Waals surface area contributed by atoms with Crippen molar-refractivity contribution in [3.05, 3.63) is 35.0 Å². The van der Waals surface area contributed by atoms with Gasteiger partial charge in [0.2, 0.25) is 0 Å². The number of ether oxygens (including phenoxy) is 1. The molecule has 0 saturated heterocycles. The van der Waals surface area contributed by atoms with Crippen LogP contribution in [0.5, 0.6) is 5.88 Å². The Morgan fingerprint density at radius 2 is 2.17 bits per heavy atom. The Morgan fingerprint density at radius 3 is 2.92 bits per heavy atom. The number of aromatic nitrogens is 2. The first kappa shape index (κ1) is 16.7. The van der Waals surface area contributed by atoms with Gasteiger partial charge >= 0.3 is 0 Å². The van der Waals surface area contributed by atoms with Gasteiger partial charge in [0.25, 0.3) is 5.88 Å². The summed E-state index contributed by atoms with van der Waals surface area (Å²) >= 11 is 0. The molecule has 128 valence electrons. The molecule has 5 nitrogen and oxygen atoms in total. The lowest BCUT2D eigenvalue weighted by atomic mass is 9.92. The second-order valence-corrected chi connectivity index (χ2v) is 6.70. The van der Waals surface area contributed by atoms with E-state index < -0.39 is 0 Å². The van der Waals surface area contributed by atoms with E-state index in [1.165, 1.54) is 16.7 Å². The molecule has 5 heteroatoms. The smallest absolute Gasteiger partial charge is 0.258 e. The van der Waals surface area contributed by atoms with Crippen LogP contribution < -0.4 is 10.5 Å². The Labute approximate surface area is 143 Å². The highest BCUT2D eigenvalue weighted by Gasteiger charge is 2.18. The summed E-state index contributed by atoms with van der Waals surface area (Å²) < 4.78 is 5.81. The van der Waals surface area contributed by atoms with Gasteiger partial charge in [-0.15, -0.1) is 0 Å². The summed E-state index contributed by atoms with van der Waals surface area (Å²) in [5.74, 6) is 0.766. The van der Waals surface area contributed by atoms with E-state index in [1.54, 1.807) is 6.20 Å². The predicted octanol–water partition coefficient (Wildman–Crippen LogP) is 3.20. The summed E-state index contributed by atoms with van der Waals surface area (Å²) in [6, 6.07) is 4.42. The van der Waals surface area contributed by atoms with Crippen LogP contribution in [0.4, 0.5) is 5.82 Å². The third-order valence-corrected chi connectivity index (χ3v) is 4.70. The van der Waals surface area contributed by atoms with E-state index in [-0.39, 0.29) is 6.10 Å². The highest BCUT2D eigenvalue weighted by molar-refractivity contribution is 5.64. The second-order valence-electron chi connectivity index (χ2n) is 6.70. The van der Waals surface area contributed by atoms with Gasteiger partial charge in [-0.1, -0.05) is 6.92 Å². The maximum atomic E-state index is 5.92. The first-order valence-electron chi connectivity index (χ1n) is 8.58. The lowest BCUT2D eigenvalue weighted by Gasteiger charge is -2.27. The molecule has 1 unspecified atom stereocenters. The molecular weight excluding hydrogens is 300 g/mol. The zero-order valence-corrected chi connectivity index (χ0v) is 15.0. The Hall–Kier alpha value is -2.14. The minimum absolute atomic E-state index is 0.0655. The molecule has 1 aliphatic rings. The van der Waals surface area contributed by atoms with Gasteiger partial charge in [0, 0.05) is 18.7 Å². The van der Waals surface area contributed by atoms with Gasteiger partial charge in [0.05, 0.1) is 18.0 Å². The second kappa shape index (κ2) is 6.77. The van der Waals surface area contributed by atoms with E-state index in [0.29, 0.717) is 11.7 Å². The van der Waals surface area contributed by atoms with E-state index >= 15 is 0 Å². The monoisotopic (exact) mass is 326 g/mol. The summed E-state index contributed by atoms with van der Waals surface area (Å²) in [6.07, 6.45) is 3.80. The molecule has 0 amide bonds. The van der Waals surface area contributed by atoms with Crippen molar-refractivity contribution in [1.29, 1.82) is 0 Å². The standard InChI is InChI=1S/C19H26N4O/c1-5-13(3)24-19-18(20)21-10-17(22-19)14-8-12(2)16-6-7-23(4)11-15(16)9-14/h8-10,13H,5-7,11H2,1-4H3,(H2,20,21). The lowest BCUT2D eigenvalue weighted by molar-refractivity contribution is 0.209. The summed E-state index contributed by atoms with van der Waals surface area (Å²) in [6.45, 7) is 8.34. The van der Waals surface area contributed by atoms with Crippen molar-refractivity contribution in [1.82, 2.24) is 14.9 Å². The molecule has 0 saturated carbocycles. The van der Waals surface area contributed by atoms with Crippen LogP contribution in [0.15, 0.2) is 18.3 Å². The number of nitrogens with zero attached hydrogens (tertiary/aromatic N) is 3. The van der Waals surface area contributed by atoms with Gasteiger partial charge < -0.3 is 15.4 Å². The van der Waals surface area contributed by atoms with E-state index in [2.05, 4.69) is 47.9 Å². The minimum atomic E-state index is 0.0655. The molecule has 1 atom stereocenters. The summed E-state index contributed by atoms with van der Waals surface area (Å²) in [5, 5.41) is 0. The number of benzene rings is 1. The predicted molar refractivity (Wildman–Crippen MR) is 97.0 cm³/mol. The highest BCUT2D eigenvalue weighted by Crippen LogP contribution is 2.30. The Bertz CT molecular complexity index is 744. The van der Waals surface area contributed by atoms with Crippen molar-refractivity contribution >= 4 is 5.82 Å². The number of hydrogen-bond donors (Lipinski definition) is 1. The van der Waals surface area contributed by atoms with Gasteiger partial charge in [0.15, 0.2) is 5.82 Å². The third-order valence-electron chi connectivity index (χ3n) is 4.70. The van der Waals surface area contributed by atoms with E-state index in [4.69, 9.17) is 10.5 Å². The molecule has 0 radical (unpaired) electrons. The van der Waals surface area contributed by atoms with Gasteiger partial charge in [0.1, 0.15) is 0 Å². The molecule has 0 fully saturated rings. The number of likely N-dealkylation sites (N-methyl/N-ethyl adjacent to an activating group) is 1. The fraction of sp³-hybridized carbons (Fsp3) is 0.474. The SMILES string of the molecule is CCC(C)Oc1nc(-c2cc(C)c3c(c2)CN(C)CC3)cnc1N. The first-order chi connectivity index (χ1) is 11.5. The molecule has 0 aliphatic carbocycles. The van der Waals surface area contributed by atoms with Gasteiger partial charge in [-0.25, -0.2) is 9.97 Å². The summed E-state index contributed by atoms with van der Waals surface area (Å²) in [7, 11) is 2.16. The van der Waals surface area contributed by atoms with Gasteiger partial charge in [-0.3, -0.25) is 0 Å². The van der Waals surface area contributed by atoms with Crippen molar-refractivity contribution in [3.63, 3.8) is 0 Å². The van der Waals surface area contributed by atoms with Gasteiger partial charge in [-0.05, 0) is 62.6 Å². The molecule has 3 rings (SSSR count). The molecule has 2 aromatic rings. The lowest BCUT2D eigenvalue weighted by Crippen LogP contribution is -2.27. The average molecular weight is 326 g/mol.